The van der Waals surface area contributed by atoms with Crippen molar-refractivity contribution < 1.29 is 9.53 Å². The molecule has 1 saturated carbocycles. The van der Waals surface area contributed by atoms with Crippen LogP contribution >= 0.6 is 0 Å². The highest BCUT2D eigenvalue weighted by Crippen LogP contribution is 2.34. The molecule has 0 radical (unpaired) electrons. The van der Waals surface area contributed by atoms with E-state index >= 15 is 0 Å². The number of fused-ring (bicyclic) bond motifs is 1. The normalized spacial score (nSPS) is 19.5. The van der Waals surface area contributed by atoms with Crippen molar-refractivity contribution in [3.8, 4) is 5.75 Å². The number of ketones is 1. The molecule has 2 heteroatoms. The standard InChI is InChI=1S/C25H26O2/c26-24-17-16-21(12-6-10-19-8-2-1-3-9-19)23(24)18-27-25-15-7-13-20-11-4-5-14-22(20)25/h1-5,7-9,11,13-15,21,23H,6,10,12,16-18H2/t21-,23+/m0/s1. The summed E-state index contributed by atoms with van der Waals surface area (Å²) in [7, 11) is 0. The Morgan fingerprint density at radius 2 is 1.67 bits per heavy atom. The van der Waals surface area contributed by atoms with Crippen molar-refractivity contribution >= 4 is 16.6 Å². The lowest BCUT2D eigenvalue weighted by Crippen LogP contribution is -2.23. The summed E-state index contributed by atoms with van der Waals surface area (Å²) in [5.41, 5.74) is 1.38. The molecule has 0 amide bonds. The topological polar surface area (TPSA) is 26.3 Å². The minimum atomic E-state index is 0.0414. The number of carbonyl (C=O) groups is 1. The first-order valence-electron chi connectivity index (χ1n) is 9.98. The maximum atomic E-state index is 12.4. The molecule has 0 spiro atoms. The molecular formula is C25H26O2. The van der Waals surface area contributed by atoms with Gasteiger partial charge in [-0.1, -0.05) is 66.7 Å². The van der Waals surface area contributed by atoms with Gasteiger partial charge in [0.05, 0.1) is 12.5 Å². The van der Waals surface area contributed by atoms with Crippen LogP contribution in [0.3, 0.4) is 0 Å². The zero-order chi connectivity index (χ0) is 18.5. The first-order valence-corrected chi connectivity index (χ1v) is 9.98. The smallest absolute Gasteiger partial charge is 0.139 e. The minimum absolute atomic E-state index is 0.0414. The summed E-state index contributed by atoms with van der Waals surface area (Å²) >= 11 is 0. The average Bonchev–Trinajstić information content (AvgIpc) is 3.07. The van der Waals surface area contributed by atoms with E-state index in [0.717, 1.165) is 36.8 Å². The largest absolute Gasteiger partial charge is 0.492 e. The van der Waals surface area contributed by atoms with Crippen LogP contribution in [0.4, 0.5) is 0 Å². The molecule has 27 heavy (non-hydrogen) atoms. The minimum Gasteiger partial charge on any atom is -0.492 e. The van der Waals surface area contributed by atoms with Gasteiger partial charge in [0.1, 0.15) is 11.5 Å². The maximum absolute atomic E-state index is 12.4. The molecule has 1 aliphatic carbocycles. The molecule has 0 saturated heterocycles. The van der Waals surface area contributed by atoms with Crippen LogP contribution in [0.25, 0.3) is 10.8 Å². The summed E-state index contributed by atoms with van der Waals surface area (Å²) in [5, 5.41) is 2.29. The van der Waals surface area contributed by atoms with Gasteiger partial charge in [-0.05, 0) is 48.6 Å². The summed E-state index contributed by atoms with van der Waals surface area (Å²) in [4.78, 5) is 12.4. The molecule has 0 unspecified atom stereocenters. The van der Waals surface area contributed by atoms with Crippen molar-refractivity contribution in [2.24, 2.45) is 11.8 Å². The highest BCUT2D eigenvalue weighted by molar-refractivity contribution is 5.88. The molecule has 2 nitrogen and oxygen atoms in total. The van der Waals surface area contributed by atoms with E-state index in [4.69, 9.17) is 4.74 Å². The summed E-state index contributed by atoms with van der Waals surface area (Å²) < 4.78 is 6.15. The second-order valence-electron chi connectivity index (χ2n) is 7.54. The monoisotopic (exact) mass is 358 g/mol. The lowest BCUT2D eigenvalue weighted by atomic mass is 9.90. The van der Waals surface area contributed by atoms with E-state index in [0.29, 0.717) is 24.7 Å². The number of ether oxygens (including phenoxy) is 1. The summed E-state index contributed by atoms with van der Waals surface area (Å²) in [6.07, 6.45) is 5.04. The molecule has 0 N–H and O–H groups in total. The molecule has 3 aromatic rings. The van der Waals surface area contributed by atoms with Crippen molar-refractivity contribution in [3.05, 3.63) is 78.4 Å². The van der Waals surface area contributed by atoms with E-state index in [-0.39, 0.29) is 5.92 Å². The van der Waals surface area contributed by atoms with E-state index in [9.17, 15) is 4.79 Å². The quantitative estimate of drug-likeness (QED) is 0.530. The molecule has 0 aliphatic heterocycles. The second kappa shape index (κ2) is 8.39. The van der Waals surface area contributed by atoms with Gasteiger partial charge in [0.25, 0.3) is 0 Å². The number of hydrogen-bond acceptors (Lipinski definition) is 2. The molecule has 1 fully saturated rings. The Morgan fingerprint density at radius 1 is 0.889 bits per heavy atom. The number of aryl methyl sites for hydroxylation is 1. The average molecular weight is 358 g/mol. The van der Waals surface area contributed by atoms with Gasteiger partial charge in [0.2, 0.25) is 0 Å². The number of hydrogen-bond donors (Lipinski definition) is 0. The number of carbonyl (C=O) groups excluding carboxylic acids is 1. The highest BCUT2D eigenvalue weighted by atomic mass is 16.5. The van der Waals surface area contributed by atoms with Crippen LogP contribution in [0.2, 0.25) is 0 Å². The van der Waals surface area contributed by atoms with Crippen molar-refractivity contribution in [1.82, 2.24) is 0 Å². The summed E-state index contributed by atoms with van der Waals surface area (Å²) in [6.45, 7) is 0.503. The Balaban J connectivity index is 1.37. The van der Waals surface area contributed by atoms with Gasteiger partial charge in [-0.3, -0.25) is 4.79 Å². The Bertz CT molecular complexity index is 895. The fraction of sp³-hybridized carbons (Fsp3) is 0.320. The van der Waals surface area contributed by atoms with Crippen LogP contribution < -0.4 is 4.74 Å². The maximum Gasteiger partial charge on any atom is 0.139 e. The Kier molecular flexibility index (Phi) is 5.53. The van der Waals surface area contributed by atoms with Gasteiger partial charge in [-0.25, -0.2) is 0 Å². The van der Waals surface area contributed by atoms with E-state index in [1.165, 1.54) is 10.9 Å². The Hall–Kier alpha value is -2.61. The third-order valence-corrected chi connectivity index (χ3v) is 5.80. The van der Waals surface area contributed by atoms with E-state index in [2.05, 4.69) is 48.5 Å². The Morgan fingerprint density at radius 3 is 2.56 bits per heavy atom. The molecule has 2 atom stereocenters. The van der Waals surface area contributed by atoms with Gasteiger partial charge in [0, 0.05) is 11.8 Å². The van der Waals surface area contributed by atoms with Crippen LogP contribution in [0, 0.1) is 11.8 Å². The predicted octanol–water partition coefficient (Wildman–Crippen LogP) is 5.84. The zero-order valence-electron chi connectivity index (χ0n) is 15.6. The van der Waals surface area contributed by atoms with E-state index < -0.39 is 0 Å². The van der Waals surface area contributed by atoms with E-state index in [1.54, 1.807) is 0 Å². The van der Waals surface area contributed by atoms with Crippen LogP contribution in [0.15, 0.2) is 72.8 Å². The van der Waals surface area contributed by atoms with Crippen LogP contribution in [-0.2, 0) is 11.2 Å². The Labute approximate surface area is 161 Å². The predicted molar refractivity (Wildman–Crippen MR) is 110 cm³/mol. The van der Waals surface area contributed by atoms with Gasteiger partial charge < -0.3 is 4.74 Å². The lowest BCUT2D eigenvalue weighted by molar-refractivity contribution is -0.122. The van der Waals surface area contributed by atoms with Crippen molar-refractivity contribution in [2.75, 3.05) is 6.61 Å². The van der Waals surface area contributed by atoms with Gasteiger partial charge in [0.15, 0.2) is 0 Å². The van der Waals surface area contributed by atoms with Gasteiger partial charge >= 0.3 is 0 Å². The summed E-state index contributed by atoms with van der Waals surface area (Å²) in [6, 6.07) is 25.0. The van der Waals surface area contributed by atoms with Crippen LogP contribution in [0.5, 0.6) is 5.75 Å². The molecule has 3 aromatic carbocycles. The number of Topliss-reactive ketones (excluding diaryl/α,β-unsaturated/α-hetero) is 1. The third-order valence-electron chi connectivity index (χ3n) is 5.80. The van der Waals surface area contributed by atoms with Crippen LogP contribution in [0.1, 0.15) is 31.2 Å². The molecule has 0 bridgehead atoms. The first-order chi connectivity index (χ1) is 13.3. The first kappa shape index (κ1) is 17.8. The fourth-order valence-electron chi connectivity index (χ4n) is 4.27. The van der Waals surface area contributed by atoms with Gasteiger partial charge in [-0.2, -0.15) is 0 Å². The molecule has 0 heterocycles. The molecule has 0 aromatic heterocycles. The molecule has 138 valence electrons. The number of benzene rings is 3. The van der Waals surface area contributed by atoms with Crippen molar-refractivity contribution in [3.63, 3.8) is 0 Å². The van der Waals surface area contributed by atoms with Gasteiger partial charge in [-0.15, -0.1) is 0 Å². The lowest BCUT2D eigenvalue weighted by Gasteiger charge is -2.19. The molecule has 4 rings (SSSR count). The third kappa shape index (κ3) is 4.21. The SMILES string of the molecule is O=C1CC[C@H](CCCc2ccccc2)[C@H]1COc1cccc2ccccc12. The highest BCUT2D eigenvalue weighted by Gasteiger charge is 2.34. The van der Waals surface area contributed by atoms with Crippen molar-refractivity contribution in [1.29, 1.82) is 0 Å². The molecule has 1 aliphatic rings. The summed E-state index contributed by atoms with van der Waals surface area (Å²) in [5.74, 6) is 1.76. The molecular weight excluding hydrogens is 332 g/mol. The second-order valence-corrected chi connectivity index (χ2v) is 7.54. The van der Waals surface area contributed by atoms with Crippen LogP contribution in [-0.4, -0.2) is 12.4 Å². The number of rotatable bonds is 7. The van der Waals surface area contributed by atoms with E-state index in [1.807, 2.05) is 24.3 Å². The zero-order valence-corrected chi connectivity index (χ0v) is 15.6. The van der Waals surface area contributed by atoms with Crippen molar-refractivity contribution in [2.45, 2.75) is 32.1 Å². The fourth-order valence-corrected chi connectivity index (χ4v) is 4.27.